The van der Waals surface area contributed by atoms with Crippen LogP contribution in [-0.2, 0) is 4.79 Å². The molecule has 0 aliphatic carbocycles. The Bertz CT molecular complexity index is 509. The number of anilines is 1. The van der Waals surface area contributed by atoms with Crippen LogP contribution in [0.3, 0.4) is 0 Å². The molecule has 1 saturated heterocycles. The molecule has 0 saturated carbocycles. The van der Waals surface area contributed by atoms with Crippen LogP contribution in [0.5, 0.6) is 0 Å². The summed E-state index contributed by atoms with van der Waals surface area (Å²) >= 11 is 0. The fourth-order valence-electron chi connectivity index (χ4n) is 1.96. The number of likely N-dealkylation sites (N-methyl/N-ethyl adjacent to an activating group) is 1. The number of likely N-dealkylation sites (tertiary alicyclic amines) is 1. The van der Waals surface area contributed by atoms with E-state index in [1.807, 2.05) is 13.8 Å². The lowest BCUT2D eigenvalue weighted by Gasteiger charge is -2.13. The maximum Gasteiger partial charge on any atom is 0.252 e. The lowest BCUT2D eigenvalue weighted by atomic mass is 10.2. The van der Waals surface area contributed by atoms with E-state index in [2.05, 4.69) is 15.3 Å². The van der Waals surface area contributed by atoms with E-state index >= 15 is 0 Å². The van der Waals surface area contributed by atoms with Crippen molar-refractivity contribution in [3.05, 3.63) is 22.2 Å². The number of nitrogens with one attached hydrogen (secondary N) is 2. The molecule has 1 aromatic heterocycles. The second-order valence-electron chi connectivity index (χ2n) is 4.92. The van der Waals surface area contributed by atoms with Crippen LogP contribution < -0.4 is 10.9 Å². The average Bonchev–Trinajstić information content (AvgIpc) is 2.60. The molecule has 1 amide bonds. The second kappa shape index (κ2) is 4.80. The molecule has 98 valence electrons. The summed E-state index contributed by atoms with van der Waals surface area (Å²) in [5, 5.41) is 3.03. The predicted octanol–water partition coefficient (Wildman–Crippen LogP) is 0.536. The molecule has 1 aliphatic heterocycles. The molecule has 0 radical (unpaired) electrons. The minimum Gasteiger partial charge on any atom is -0.358 e. The molecule has 1 aliphatic rings. The monoisotopic (exact) mass is 250 g/mol. The first kappa shape index (κ1) is 12.6. The van der Waals surface area contributed by atoms with Crippen molar-refractivity contribution < 1.29 is 4.79 Å². The van der Waals surface area contributed by atoms with Gasteiger partial charge in [-0.1, -0.05) is 13.8 Å². The predicted molar refractivity (Wildman–Crippen MR) is 68.6 cm³/mol. The highest BCUT2D eigenvalue weighted by atomic mass is 16.2. The highest BCUT2D eigenvalue weighted by Crippen LogP contribution is 2.15. The summed E-state index contributed by atoms with van der Waals surface area (Å²) in [7, 11) is 1.77. The van der Waals surface area contributed by atoms with E-state index in [1.165, 1.54) is 6.07 Å². The number of hydrogen-bond acceptors (Lipinski definition) is 4. The van der Waals surface area contributed by atoms with Crippen molar-refractivity contribution in [2.45, 2.75) is 32.2 Å². The Hall–Kier alpha value is -1.85. The summed E-state index contributed by atoms with van der Waals surface area (Å²) in [4.78, 5) is 32.0. The van der Waals surface area contributed by atoms with Crippen LogP contribution in [0, 0.1) is 0 Å². The Morgan fingerprint density at radius 1 is 1.50 bits per heavy atom. The number of carbonyl (C=O) groups is 1. The second-order valence-corrected chi connectivity index (χ2v) is 4.92. The Morgan fingerprint density at radius 2 is 2.22 bits per heavy atom. The number of aromatic nitrogens is 2. The van der Waals surface area contributed by atoms with Gasteiger partial charge in [0.2, 0.25) is 5.91 Å². The standard InChI is InChI=1S/C12H18N4O2/c1-7(2)11-14-9(6-10(17)15-11)13-8-4-5-16(3)12(8)18/h6-8H,4-5H2,1-3H3,(H2,13,14,15,17). The molecule has 1 fully saturated rings. The topological polar surface area (TPSA) is 78.1 Å². The first-order valence-corrected chi connectivity index (χ1v) is 6.10. The fraction of sp³-hybridized carbons (Fsp3) is 0.583. The van der Waals surface area contributed by atoms with Crippen molar-refractivity contribution in [3.8, 4) is 0 Å². The van der Waals surface area contributed by atoms with E-state index in [0.29, 0.717) is 11.6 Å². The highest BCUT2D eigenvalue weighted by Gasteiger charge is 2.29. The van der Waals surface area contributed by atoms with Gasteiger partial charge in [0.15, 0.2) is 0 Å². The minimum atomic E-state index is -0.274. The van der Waals surface area contributed by atoms with Crippen molar-refractivity contribution in [1.82, 2.24) is 14.9 Å². The summed E-state index contributed by atoms with van der Waals surface area (Å²) in [6.45, 7) is 4.64. The normalized spacial score (nSPS) is 19.7. The molecule has 0 spiro atoms. The number of amides is 1. The fourth-order valence-corrected chi connectivity index (χ4v) is 1.96. The van der Waals surface area contributed by atoms with E-state index in [9.17, 15) is 9.59 Å². The van der Waals surface area contributed by atoms with Gasteiger partial charge in [-0.15, -0.1) is 0 Å². The number of aromatic amines is 1. The first-order chi connectivity index (χ1) is 8.47. The van der Waals surface area contributed by atoms with Gasteiger partial charge in [0.25, 0.3) is 5.56 Å². The van der Waals surface area contributed by atoms with Crippen LogP contribution in [0.4, 0.5) is 5.82 Å². The van der Waals surface area contributed by atoms with Crippen LogP contribution in [0.2, 0.25) is 0 Å². The third-order valence-corrected chi connectivity index (χ3v) is 3.06. The zero-order valence-corrected chi connectivity index (χ0v) is 10.9. The number of carbonyl (C=O) groups excluding carboxylic acids is 1. The zero-order valence-electron chi connectivity index (χ0n) is 10.9. The van der Waals surface area contributed by atoms with E-state index < -0.39 is 0 Å². The van der Waals surface area contributed by atoms with Gasteiger partial charge in [0.05, 0.1) is 0 Å². The molecule has 1 atom stereocenters. The van der Waals surface area contributed by atoms with E-state index in [4.69, 9.17) is 0 Å². The molecule has 2 rings (SSSR count). The molecule has 1 aromatic rings. The van der Waals surface area contributed by atoms with Gasteiger partial charge in [-0.2, -0.15) is 0 Å². The molecule has 6 nitrogen and oxygen atoms in total. The van der Waals surface area contributed by atoms with Gasteiger partial charge < -0.3 is 15.2 Å². The van der Waals surface area contributed by atoms with Gasteiger partial charge in [-0.25, -0.2) is 4.98 Å². The largest absolute Gasteiger partial charge is 0.358 e. The van der Waals surface area contributed by atoms with Crippen molar-refractivity contribution >= 4 is 11.7 Å². The van der Waals surface area contributed by atoms with Crippen molar-refractivity contribution in [2.24, 2.45) is 0 Å². The van der Waals surface area contributed by atoms with Crippen molar-refractivity contribution in [3.63, 3.8) is 0 Å². The van der Waals surface area contributed by atoms with Crippen molar-refractivity contribution in [1.29, 1.82) is 0 Å². The Balaban J connectivity index is 2.19. The summed E-state index contributed by atoms with van der Waals surface area (Å²) in [6, 6.07) is 1.11. The zero-order chi connectivity index (χ0) is 13.3. The third kappa shape index (κ3) is 2.52. The molecule has 0 aromatic carbocycles. The van der Waals surface area contributed by atoms with Crippen LogP contribution in [0.25, 0.3) is 0 Å². The van der Waals surface area contributed by atoms with Crippen LogP contribution in [-0.4, -0.2) is 40.4 Å². The average molecular weight is 250 g/mol. The molecule has 1 unspecified atom stereocenters. The summed E-state index contributed by atoms with van der Waals surface area (Å²) in [5.41, 5.74) is -0.199. The SMILES string of the molecule is CC(C)c1nc(NC2CCN(C)C2=O)cc(=O)[nH]1. The Labute approximate surface area is 105 Å². The van der Waals surface area contributed by atoms with Gasteiger partial charge in [-0.3, -0.25) is 9.59 Å². The quantitative estimate of drug-likeness (QED) is 0.820. The molecule has 2 N–H and O–H groups in total. The van der Waals surface area contributed by atoms with Gasteiger partial charge in [0.1, 0.15) is 17.7 Å². The first-order valence-electron chi connectivity index (χ1n) is 6.10. The number of H-pyrrole nitrogens is 1. The van der Waals surface area contributed by atoms with E-state index in [-0.39, 0.29) is 23.4 Å². The molecule has 0 bridgehead atoms. The highest BCUT2D eigenvalue weighted by molar-refractivity contribution is 5.86. The van der Waals surface area contributed by atoms with E-state index in [0.717, 1.165) is 13.0 Å². The third-order valence-electron chi connectivity index (χ3n) is 3.06. The molecule has 6 heteroatoms. The van der Waals surface area contributed by atoms with Crippen molar-refractivity contribution in [2.75, 3.05) is 18.9 Å². The maximum absolute atomic E-state index is 11.8. The number of rotatable bonds is 3. The lowest BCUT2D eigenvalue weighted by molar-refractivity contribution is -0.127. The van der Waals surface area contributed by atoms with Gasteiger partial charge in [0, 0.05) is 25.6 Å². The number of hydrogen-bond donors (Lipinski definition) is 2. The molecule has 2 heterocycles. The minimum absolute atomic E-state index is 0.0446. The van der Waals surface area contributed by atoms with E-state index in [1.54, 1.807) is 11.9 Å². The van der Waals surface area contributed by atoms with Gasteiger partial charge >= 0.3 is 0 Å². The van der Waals surface area contributed by atoms with Crippen LogP contribution in [0.1, 0.15) is 32.0 Å². The lowest BCUT2D eigenvalue weighted by Crippen LogP contribution is -2.31. The van der Waals surface area contributed by atoms with Crippen LogP contribution in [0.15, 0.2) is 10.9 Å². The Morgan fingerprint density at radius 3 is 2.78 bits per heavy atom. The summed E-state index contributed by atoms with van der Waals surface area (Å²) in [6.07, 6.45) is 0.737. The molecular formula is C12H18N4O2. The molecule has 18 heavy (non-hydrogen) atoms. The maximum atomic E-state index is 11.8. The summed E-state index contributed by atoms with van der Waals surface area (Å²) in [5.74, 6) is 1.28. The Kier molecular flexibility index (Phi) is 3.36. The smallest absolute Gasteiger partial charge is 0.252 e. The van der Waals surface area contributed by atoms with Crippen LogP contribution >= 0.6 is 0 Å². The number of nitrogens with zero attached hydrogens (tertiary/aromatic N) is 2. The summed E-state index contributed by atoms with van der Waals surface area (Å²) < 4.78 is 0. The van der Waals surface area contributed by atoms with Gasteiger partial charge in [-0.05, 0) is 6.42 Å². The molecular weight excluding hydrogens is 232 g/mol.